The van der Waals surface area contributed by atoms with Crippen LogP contribution >= 0.6 is 0 Å². The van der Waals surface area contributed by atoms with Crippen molar-refractivity contribution in [1.29, 1.82) is 0 Å². The van der Waals surface area contributed by atoms with Crippen molar-refractivity contribution < 1.29 is 5.11 Å². The number of allylic oxidation sites excluding steroid dienone is 2. The predicted molar refractivity (Wildman–Crippen MR) is 77.9 cm³/mol. The first-order valence-corrected chi connectivity index (χ1v) is 7.07. The maximum Gasteiger partial charge on any atom is 0.115 e. The third-order valence-corrected chi connectivity index (χ3v) is 4.25. The molecule has 0 heterocycles. The molecule has 98 valence electrons. The predicted octanol–water partition coefficient (Wildman–Crippen LogP) is 5.04. The number of hydrogen-bond donors (Lipinski definition) is 1. The van der Waals surface area contributed by atoms with Gasteiger partial charge in [-0.15, -0.1) is 0 Å². The average molecular weight is 244 g/mol. The van der Waals surface area contributed by atoms with Crippen LogP contribution in [0.2, 0.25) is 0 Å². The lowest BCUT2D eigenvalue weighted by Gasteiger charge is -2.28. The molecule has 0 aromatic heterocycles. The molecule has 0 spiro atoms. The summed E-state index contributed by atoms with van der Waals surface area (Å²) in [6.07, 6.45) is 8.44. The molecule has 0 fully saturated rings. The highest BCUT2D eigenvalue weighted by molar-refractivity contribution is 5.70. The zero-order valence-corrected chi connectivity index (χ0v) is 11.8. The van der Waals surface area contributed by atoms with Gasteiger partial charge in [-0.2, -0.15) is 0 Å². The zero-order chi connectivity index (χ0) is 13.2. The van der Waals surface area contributed by atoms with E-state index in [9.17, 15) is 5.11 Å². The van der Waals surface area contributed by atoms with Crippen molar-refractivity contribution in [2.24, 2.45) is 0 Å². The van der Waals surface area contributed by atoms with Gasteiger partial charge in [-0.25, -0.2) is 0 Å². The fourth-order valence-corrected chi connectivity index (χ4v) is 2.65. The van der Waals surface area contributed by atoms with Gasteiger partial charge in [0.1, 0.15) is 5.75 Å². The first-order chi connectivity index (χ1) is 8.54. The highest BCUT2D eigenvalue weighted by atomic mass is 16.3. The summed E-state index contributed by atoms with van der Waals surface area (Å²) >= 11 is 0. The first kappa shape index (κ1) is 13.2. The molecule has 1 aromatic carbocycles. The molecule has 1 aliphatic carbocycles. The van der Waals surface area contributed by atoms with Crippen molar-refractivity contribution in [2.75, 3.05) is 0 Å². The van der Waals surface area contributed by atoms with Crippen LogP contribution in [0.15, 0.2) is 24.3 Å². The number of phenols is 1. The molecule has 0 saturated carbocycles. The summed E-state index contributed by atoms with van der Waals surface area (Å²) in [6.45, 7) is 6.73. The van der Waals surface area contributed by atoms with Crippen LogP contribution in [-0.2, 0) is 5.41 Å². The van der Waals surface area contributed by atoms with Crippen molar-refractivity contribution in [1.82, 2.24) is 0 Å². The number of rotatable bonds is 3. The summed E-state index contributed by atoms with van der Waals surface area (Å²) in [5, 5.41) is 9.78. The molecule has 0 aliphatic heterocycles. The fraction of sp³-hybridized carbons (Fsp3) is 0.529. The van der Waals surface area contributed by atoms with E-state index in [1.807, 2.05) is 12.1 Å². The molecule has 0 radical (unpaired) electrons. The van der Waals surface area contributed by atoms with E-state index in [0.29, 0.717) is 5.75 Å². The van der Waals surface area contributed by atoms with Crippen LogP contribution in [0.25, 0.3) is 5.57 Å². The Bertz CT molecular complexity index is 455. The van der Waals surface area contributed by atoms with E-state index in [1.54, 1.807) is 0 Å². The third kappa shape index (κ3) is 2.60. The van der Waals surface area contributed by atoms with Crippen LogP contribution in [-0.4, -0.2) is 5.11 Å². The standard InChI is InChI=1S/C17H24O/c1-4-17(2,3)16-12-14(18)10-11-15(16)13-8-6-5-7-9-13/h8,10-12,18H,4-7,9H2,1-3H3. The number of aromatic hydroxyl groups is 1. The minimum atomic E-state index is 0.117. The third-order valence-electron chi connectivity index (χ3n) is 4.25. The van der Waals surface area contributed by atoms with Crippen molar-refractivity contribution in [3.8, 4) is 5.75 Å². The topological polar surface area (TPSA) is 20.2 Å². The van der Waals surface area contributed by atoms with Gasteiger partial charge in [0.05, 0.1) is 0 Å². The number of phenolic OH excluding ortho intramolecular Hbond substituents is 1. The van der Waals surface area contributed by atoms with E-state index in [-0.39, 0.29) is 5.41 Å². The van der Waals surface area contributed by atoms with Gasteiger partial charge in [0, 0.05) is 0 Å². The summed E-state index contributed by atoms with van der Waals surface area (Å²) in [4.78, 5) is 0. The van der Waals surface area contributed by atoms with Gasteiger partial charge in [-0.05, 0) is 66.4 Å². The van der Waals surface area contributed by atoms with Crippen molar-refractivity contribution >= 4 is 5.57 Å². The molecule has 0 bridgehead atoms. The van der Waals surface area contributed by atoms with Gasteiger partial charge < -0.3 is 5.11 Å². The Labute approximate surface area is 111 Å². The van der Waals surface area contributed by atoms with Crippen LogP contribution in [0.5, 0.6) is 5.75 Å². The van der Waals surface area contributed by atoms with Crippen molar-refractivity contribution in [3.05, 3.63) is 35.4 Å². The SMILES string of the molecule is CCC(C)(C)c1cc(O)ccc1C1=CCCCC1. The van der Waals surface area contributed by atoms with E-state index in [0.717, 1.165) is 6.42 Å². The van der Waals surface area contributed by atoms with Gasteiger partial charge in [-0.3, -0.25) is 0 Å². The molecule has 1 aliphatic rings. The van der Waals surface area contributed by atoms with E-state index in [2.05, 4.69) is 32.9 Å². The number of hydrogen-bond acceptors (Lipinski definition) is 1. The Morgan fingerprint density at radius 1 is 1.22 bits per heavy atom. The van der Waals surface area contributed by atoms with Crippen molar-refractivity contribution in [2.45, 2.75) is 58.3 Å². The summed E-state index contributed by atoms with van der Waals surface area (Å²) < 4.78 is 0. The van der Waals surface area contributed by atoms with E-state index in [1.165, 1.54) is 42.4 Å². The maximum absolute atomic E-state index is 9.78. The van der Waals surface area contributed by atoms with Crippen LogP contribution in [0.3, 0.4) is 0 Å². The van der Waals surface area contributed by atoms with Crippen LogP contribution in [0.1, 0.15) is 64.0 Å². The maximum atomic E-state index is 9.78. The molecule has 0 amide bonds. The highest BCUT2D eigenvalue weighted by Gasteiger charge is 2.23. The monoisotopic (exact) mass is 244 g/mol. The summed E-state index contributed by atoms with van der Waals surface area (Å²) in [6, 6.07) is 5.87. The molecule has 0 saturated heterocycles. The molecule has 1 aromatic rings. The van der Waals surface area contributed by atoms with Crippen LogP contribution in [0, 0.1) is 0 Å². The summed E-state index contributed by atoms with van der Waals surface area (Å²) in [5.41, 5.74) is 4.22. The van der Waals surface area contributed by atoms with E-state index in [4.69, 9.17) is 0 Å². The van der Waals surface area contributed by atoms with E-state index >= 15 is 0 Å². The zero-order valence-electron chi connectivity index (χ0n) is 11.8. The second kappa shape index (κ2) is 5.17. The van der Waals surface area contributed by atoms with Crippen LogP contribution in [0.4, 0.5) is 0 Å². The minimum Gasteiger partial charge on any atom is -0.508 e. The molecule has 1 nitrogen and oxygen atoms in total. The Hall–Kier alpha value is -1.24. The lowest BCUT2D eigenvalue weighted by molar-refractivity contribution is 0.464. The molecular weight excluding hydrogens is 220 g/mol. The molecule has 1 heteroatoms. The Balaban J connectivity index is 2.50. The van der Waals surface area contributed by atoms with Gasteiger partial charge in [-0.1, -0.05) is 32.9 Å². The quantitative estimate of drug-likeness (QED) is 0.790. The normalized spacial score (nSPS) is 16.5. The Kier molecular flexibility index (Phi) is 3.79. The van der Waals surface area contributed by atoms with Crippen LogP contribution < -0.4 is 0 Å². The van der Waals surface area contributed by atoms with Gasteiger partial charge in [0.2, 0.25) is 0 Å². The van der Waals surface area contributed by atoms with Crippen molar-refractivity contribution in [3.63, 3.8) is 0 Å². The molecule has 0 atom stereocenters. The van der Waals surface area contributed by atoms with Gasteiger partial charge >= 0.3 is 0 Å². The molecular formula is C17H24O. The largest absolute Gasteiger partial charge is 0.508 e. The van der Waals surface area contributed by atoms with Gasteiger partial charge in [0.15, 0.2) is 0 Å². The lowest BCUT2D eigenvalue weighted by Crippen LogP contribution is -2.18. The first-order valence-electron chi connectivity index (χ1n) is 7.07. The molecule has 18 heavy (non-hydrogen) atoms. The van der Waals surface area contributed by atoms with Gasteiger partial charge in [0.25, 0.3) is 0 Å². The lowest BCUT2D eigenvalue weighted by atomic mass is 9.77. The average Bonchev–Trinajstić information content (AvgIpc) is 2.39. The smallest absolute Gasteiger partial charge is 0.115 e. The number of benzene rings is 1. The Morgan fingerprint density at radius 3 is 2.61 bits per heavy atom. The summed E-state index contributed by atoms with van der Waals surface area (Å²) in [7, 11) is 0. The molecule has 1 N–H and O–H groups in total. The minimum absolute atomic E-state index is 0.117. The highest BCUT2D eigenvalue weighted by Crippen LogP contribution is 2.38. The van der Waals surface area contributed by atoms with E-state index < -0.39 is 0 Å². The second-order valence-corrected chi connectivity index (χ2v) is 5.94. The Morgan fingerprint density at radius 2 is 2.00 bits per heavy atom. The molecule has 2 rings (SSSR count). The molecule has 0 unspecified atom stereocenters. The fourth-order valence-electron chi connectivity index (χ4n) is 2.65. The summed E-state index contributed by atoms with van der Waals surface area (Å²) in [5.74, 6) is 0.381. The second-order valence-electron chi connectivity index (χ2n) is 5.94.